The molecule has 1 N–H and O–H groups in total. The number of rotatable bonds is 3. The summed E-state index contributed by atoms with van der Waals surface area (Å²) in [5, 5.41) is 7.72. The first-order valence-electron chi connectivity index (χ1n) is 7.99. The number of hydrogen-bond donors (Lipinski definition) is 1. The van der Waals surface area contributed by atoms with Gasteiger partial charge in [0.1, 0.15) is 4.90 Å². The minimum absolute atomic E-state index is 0.263. The third kappa shape index (κ3) is 2.80. The van der Waals surface area contributed by atoms with Crippen LogP contribution in [0.25, 0.3) is 5.69 Å². The van der Waals surface area contributed by atoms with Crippen molar-refractivity contribution < 1.29 is 8.42 Å². The summed E-state index contributed by atoms with van der Waals surface area (Å²) in [6.45, 7) is 1.13. The van der Waals surface area contributed by atoms with E-state index in [9.17, 15) is 8.42 Å². The number of nitrogens with zero attached hydrogens (tertiary/aromatic N) is 3. The first-order valence-corrected chi connectivity index (χ1v) is 9.43. The van der Waals surface area contributed by atoms with Gasteiger partial charge in [-0.25, -0.2) is 13.1 Å². The van der Waals surface area contributed by atoms with Crippen LogP contribution in [0, 0.1) is 0 Å². The molecule has 2 atom stereocenters. The topological polar surface area (TPSA) is 67.2 Å². The van der Waals surface area contributed by atoms with Crippen molar-refractivity contribution >= 4 is 10.0 Å². The molecule has 2 aromatic rings. The van der Waals surface area contributed by atoms with E-state index in [-0.39, 0.29) is 10.9 Å². The van der Waals surface area contributed by atoms with Crippen LogP contribution in [0.4, 0.5) is 0 Å². The van der Waals surface area contributed by atoms with Gasteiger partial charge >= 0.3 is 0 Å². The highest BCUT2D eigenvalue weighted by molar-refractivity contribution is 7.89. The third-order valence-electron chi connectivity index (χ3n) is 4.70. The van der Waals surface area contributed by atoms with Gasteiger partial charge in [0.2, 0.25) is 10.0 Å². The molecule has 2 saturated heterocycles. The van der Waals surface area contributed by atoms with Crippen LogP contribution >= 0.6 is 0 Å². The van der Waals surface area contributed by atoms with Crippen LogP contribution in [0.2, 0.25) is 0 Å². The van der Waals surface area contributed by atoms with Crippen LogP contribution in [0.5, 0.6) is 0 Å². The minimum atomic E-state index is -3.48. The molecule has 4 rings (SSSR count). The van der Waals surface area contributed by atoms with E-state index in [4.69, 9.17) is 0 Å². The van der Waals surface area contributed by atoms with Gasteiger partial charge in [-0.15, -0.1) is 0 Å². The van der Waals surface area contributed by atoms with E-state index in [0.717, 1.165) is 24.9 Å². The number of hydrogen-bond acceptors (Lipinski definition) is 4. The molecule has 0 spiro atoms. The molecule has 0 amide bonds. The molecule has 23 heavy (non-hydrogen) atoms. The lowest BCUT2D eigenvalue weighted by Gasteiger charge is -2.22. The van der Waals surface area contributed by atoms with E-state index in [0.29, 0.717) is 19.1 Å². The average molecular weight is 332 g/mol. The lowest BCUT2D eigenvalue weighted by atomic mass is 10.1. The Balaban J connectivity index is 1.60. The molecule has 122 valence electrons. The highest BCUT2D eigenvalue weighted by atomic mass is 32.2. The fraction of sp³-hybridized carbons (Fsp3) is 0.438. The second-order valence-corrected chi connectivity index (χ2v) is 8.18. The first-order chi connectivity index (χ1) is 11.1. The molecule has 2 bridgehead atoms. The van der Waals surface area contributed by atoms with Gasteiger partial charge < -0.3 is 5.32 Å². The van der Waals surface area contributed by atoms with E-state index in [1.165, 1.54) is 6.20 Å². The summed E-state index contributed by atoms with van der Waals surface area (Å²) in [4.78, 5) is 0.263. The number of fused-ring (bicyclic) bond motifs is 2. The predicted molar refractivity (Wildman–Crippen MR) is 86.9 cm³/mol. The summed E-state index contributed by atoms with van der Waals surface area (Å²) in [5.41, 5.74) is 0.852. The lowest BCUT2D eigenvalue weighted by molar-refractivity contribution is 0.383. The molecular formula is C16H20N4O2S. The van der Waals surface area contributed by atoms with Crippen molar-refractivity contribution in [3.05, 3.63) is 42.7 Å². The fourth-order valence-corrected chi connectivity index (χ4v) is 4.87. The van der Waals surface area contributed by atoms with Crippen LogP contribution < -0.4 is 5.32 Å². The zero-order chi connectivity index (χ0) is 15.9. The van der Waals surface area contributed by atoms with Gasteiger partial charge in [-0.05, 0) is 31.4 Å². The molecule has 2 aliphatic heterocycles. The van der Waals surface area contributed by atoms with Crippen molar-refractivity contribution in [1.82, 2.24) is 19.4 Å². The second kappa shape index (κ2) is 5.74. The minimum Gasteiger partial charge on any atom is -0.310 e. The van der Waals surface area contributed by atoms with E-state index in [1.807, 2.05) is 30.3 Å². The molecule has 2 aliphatic rings. The maximum Gasteiger partial charge on any atom is 0.246 e. The molecule has 7 heteroatoms. The Bertz CT molecular complexity index is 787. The van der Waals surface area contributed by atoms with E-state index in [1.54, 1.807) is 15.2 Å². The number of sulfonamides is 1. The summed E-state index contributed by atoms with van der Waals surface area (Å²) >= 11 is 0. The molecule has 6 nitrogen and oxygen atoms in total. The van der Waals surface area contributed by atoms with Gasteiger partial charge in [0.25, 0.3) is 0 Å². The Labute approximate surface area is 136 Å². The van der Waals surface area contributed by atoms with Gasteiger partial charge in [-0.1, -0.05) is 18.2 Å². The summed E-state index contributed by atoms with van der Waals surface area (Å²) in [5.74, 6) is 0. The standard InChI is InChI=1S/C16H20N4O2S/c21-23(22,19-9-8-13-6-7-14(11-19)18-13)16-10-17-20(12-16)15-4-2-1-3-5-15/h1-5,10,12-14,18H,6-9,11H2. The summed E-state index contributed by atoms with van der Waals surface area (Å²) in [7, 11) is -3.48. The monoisotopic (exact) mass is 332 g/mol. The zero-order valence-corrected chi connectivity index (χ0v) is 13.6. The van der Waals surface area contributed by atoms with Crippen molar-refractivity contribution in [2.75, 3.05) is 13.1 Å². The summed E-state index contributed by atoms with van der Waals surface area (Å²) in [6.07, 6.45) is 6.13. The molecule has 1 aromatic heterocycles. The molecular weight excluding hydrogens is 312 g/mol. The Hall–Kier alpha value is -1.70. The SMILES string of the molecule is O=S(=O)(c1cnn(-c2ccccc2)c1)N1CCC2CCC(C1)N2. The number of para-hydroxylation sites is 1. The van der Waals surface area contributed by atoms with Gasteiger partial charge in [-0.3, -0.25) is 0 Å². The van der Waals surface area contributed by atoms with Gasteiger partial charge in [0.15, 0.2) is 0 Å². The molecule has 0 saturated carbocycles. The molecule has 1 aromatic carbocycles. The average Bonchev–Trinajstić information content (AvgIpc) is 3.15. The quantitative estimate of drug-likeness (QED) is 0.922. The Morgan fingerprint density at radius 3 is 2.70 bits per heavy atom. The largest absolute Gasteiger partial charge is 0.310 e. The highest BCUT2D eigenvalue weighted by Gasteiger charge is 2.35. The van der Waals surface area contributed by atoms with Gasteiger partial charge in [0.05, 0.1) is 18.1 Å². The van der Waals surface area contributed by atoms with Crippen LogP contribution in [0.3, 0.4) is 0 Å². The molecule has 0 aliphatic carbocycles. The Morgan fingerprint density at radius 1 is 1.09 bits per heavy atom. The molecule has 2 fully saturated rings. The molecule has 3 heterocycles. The smallest absolute Gasteiger partial charge is 0.246 e. The van der Waals surface area contributed by atoms with Gasteiger partial charge in [-0.2, -0.15) is 9.40 Å². The third-order valence-corrected chi connectivity index (χ3v) is 6.52. The maximum absolute atomic E-state index is 12.9. The Kier molecular flexibility index (Phi) is 3.71. The lowest BCUT2D eigenvalue weighted by Crippen LogP contribution is -2.38. The fourth-order valence-electron chi connectivity index (χ4n) is 3.44. The van der Waals surface area contributed by atoms with Gasteiger partial charge in [0, 0.05) is 25.2 Å². The van der Waals surface area contributed by atoms with Crippen LogP contribution in [0.15, 0.2) is 47.6 Å². The van der Waals surface area contributed by atoms with Crippen molar-refractivity contribution in [2.45, 2.75) is 36.2 Å². The Morgan fingerprint density at radius 2 is 1.87 bits per heavy atom. The number of aromatic nitrogens is 2. The summed E-state index contributed by atoms with van der Waals surface area (Å²) in [6, 6.07) is 10.3. The van der Waals surface area contributed by atoms with Crippen molar-refractivity contribution in [3.63, 3.8) is 0 Å². The van der Waals surface area contributed by atoms with Crippen molar-refractivity contribution in [3.8, 4) is 5.69 Å². The van der Waals surface area contributed by atoms with Crippen molar-refractivity contribution in [1.29, 1.82) is 0 Å². The normalized spacial score (nSPS) is 25.4. The van der Waals surface area contributed by atoms with Crippen LogP contribution in [-0.2, 0) is 10.0 Å². The second-order valence-electron chi connectivity index (χ2n) is 6.25. The molecule has 0 radical (unpaired) electrons. The number of nitrogens with one attached hydrogen (secondary N) is 1. The van der Waals surface area contributed by atoms with Crippen LogP contribution in [0.1, 0.15) is 19.3 Å². The number of benzene rings is 1. The van der Waals surface area contributed by atoms with E-state index in [2.05, 4.69) is 10.4 Å². The molecule has 2 unspecified atom stereocenters. The van der Waals surface area contributed by atoms with E-state index < -0.39 is 10.0 Å². The highest BCUT2D eigenvalue weighted by Crippen LogP contribution is 2.25. The van der Waals surface area contributed by atoms with Crippen LogP contribution in [-0.4, -0.2) is 47.7 Å². The van der Waals surface area contributed by atoms with E-state index >= 15 is 0 Å². The zero-order valence-electron chi connectivity index (χ0n) is 12.8. The first kappa shape index (κ1) is 14.9. The van der Waals surface area contributed by atoms with Crippen molar-refractivity contribution in [2.24, 2.45) is 0 Å². The maximum atomic E-state index is 12.9. The summed E-state index contributed by atoms with van der Waals surface area (Å²) < 4.78 is 29.0. The predicted octanol–water partition coefficient (Wildman–Crippen LogP) is 1.39.